The molecule has 0 bridgehead atoms. The molecule has 4 saturated carbocycles. The first-order valence-corrected chi connectivity index (χ1v) is 10.4. The molecule has 1 heteroatoms. The lowest BCUT2D eigenvalue weighted by Gasteiger charge is -2.45. The second-order valence-corrected chi connectivity index (χ2v) is 8.89. The molecule has 4 aliphatic rings. The highest BCUT2D eigenvalue weighted by atomic mass is 16.1. The third kappa shape index (κ3) is 2.78. The predicted molar refractivity (Wildman–Crippen MR) is 90.6 cm³/mol. The van der Waals surface area contributed by atoms with Crippen molar-refractivity contribution in [2.24, 2.45) is 35.5 Å². The highest BCUT2D eigenvalue weighted by Gasteiger charge is 2.45. The van der Waals surface area contributed by atoms with Gasteiger partial charge in [0.1, 0.15) is 5.78 Å². The highest BCUT2D eigenvalue weighted by molar-refractivity contribution is 5.84. The minimum Gasteiger partial charge on any atom is -0.299 e. The SMILES string of the molecule is O=C(C1CCCC2CCCCC21)C1CCCC2CCCCC21. The summed E-state index contributed by atoms with van der Waals surface area (Å²) in [7, 11) is 0. The van der Waals surface area contributed by atoms with Crippen molar-refractivity contribution in [3.63, 3.8) is 0 Å². The summed E-state index contributed by atoms with van der Waals surface area (Å²) in [6.07, 6.45) is 19.2. The smallest absolute Gasteiger partial charge is 0.139 e. The maximum absolute atomic E-state index is 13.5. The number of carbonyl (C=O) groups excluding carboxylic acids is 1. The molecular weight excluding hydrogens is 268 g/mol. The highest BCUT2D eigenvalue weighted by Crippen LogP contribution is 2.49. The molecule has 6 unspecified atom stereocenters. The summed E-state index contributed by atoms with van der Waals surface area (Å²) in [5.74, 6) is 5.03. The van der Waals surface area contributed by atoms with Crippen molar-refractivity contribution in [3.05, 3.63) is 0 Å². The van der Waals surface area contributed by atoms with Gasteiger partial charge in [0.05, 0.1) is 0 Å². The van der Waals surface area contributed by atoms with Crippen molar-refractivity contribution < 1.29 is 4.79 Å². The van der Waals surface area contributed by atoms with Gasteiger partial charge in [0, 0.05) is 11.8 Å². The molecule has 0 aromatic rings. The van der Waals surface area contributed by atoms with Crippen molar-refractivity contribution in [1.82, 2.24) is 0 Å². The van der Waals surface area contributed by atoms with E-state index in [0.29, 0.717) is 11.8 Å². The van der Waals surface area contributed by atoms with E-state index in [0.717, 1.165) is 29.5 Å². The van der Waals surface area contributed by atoms with Gasteiger partial charge in [-0.3, -0.25) is 4.79 Å². The molecular formula is C21H34O. The van der Waals surface area contributed by atoms with Crippen molar-refractivity contribution in [2.75, 3.05) is 0 Å². The van der Waals surface area contributed by atoms with Crippen molar-refractivity contribution >= 4 is 5.78 Å². The second-order valence-electron chi connectivity index (χ2n) is 8.89. The maximum atomic E-state index is 13.5. The van der Waals surface area contributed by atoms with Gasteiger partial charge in [-0.1, -0.05) is 64.2 Å². The Kier molecular flexibility index (Phi) is 4.60. The average Bonchev–Trinajstić information content (AvgIpc) is 2.60. The summed E-state index contributed by atoms with van der Waals surface area (Å²) in [5.41, 5.74) is 0. The van der Waals surface area contributed by atoms with Crippen LogP contribution in [0.4, 0.5) is 0 Å². The van der Waals surface area contributed by atoms with Gasteiger partial charge in [-0.15, -0.1) is 0 Å². The largest absolute Gasteiger partial charge is 0.299 e. The maximum Gasteiger partial charge on any atom is 0.139 e. The van der Waals surface area contributed by atoms with Gasteiger partial charge in [0.15, 0.2) is 0 Å². The number of ketones is 1. The number of Topliss-reactive ketones (excluding diaryl/α,β-unsaturated/α-hetero) is 1. The summed E-state index contributed by atoms with van der Waals surface area (Å²) < 4.78 is 0. The van der Waals surface area contributed by atoms with Crippen LogP contribution in [0.3, 0.4) is 0 Å². The Labute approximate surface area is 136 Å². The van der Waals surface area contributed by atoms with Crippen LogP contribution in [0.15, 0.2) is 0 Å². The van der Waals surface area contributed by atoms with E-state index in [-0.39, 0.29) is 0 Å². The van der Waals surface area contributed by atoms with Gasteiger partial charge < -0.3 is 0 Å². The summed E-state index contributed by atoms with van der Waals surface area (Å²) in [4.78, 5) is 13.5. The van der Waals surface area contributed by atoms with Crippen LogP contribution in [0, 0.1) is 35.5 Å². The summed E-state index contributed by atoms with van der Waals surface area (Å²) in [6, 6.07) is 0. The monoisotopic (exact) mass is 302 g/mol. The number of hydrogen-bond acceptors (Lipinski definition) is 1. The Morgan fingerprint density at radius 1 is 0.500 bits per heavy atom. The quantitative estimate of drug-likeness (QED) is 0.633. The molecule has 0 N–H and O–H groups in total. The number of hydrogen-bond donors (Lipinski definition) is 0. The van der Waals surface area contributed by atoms with E-state index in [4.69, 9.17) is 0 Å². The van der Waals surface area contributed by atoms with Gasteiger partial charge in [-0.25, -0.2) is 0 Å². The molecule has 0 amide bonds. The zero-order chi connectivity index (χ0) is 14.9. The van der Waals surface area contributed by atoms with Crippen LogP contribution in [0.1, 0.15) is 89.9 Å². The topological polar surface area (TPSA) is 17.1 Å². The Bertz CT molecular complexity index is 361. The van der Waals surface area contributed by atoms with Crippen LogP contribution < -0.4 is 0 Å². The van der Waals surface area contributed by atoms with E-state index < -0.39 is 0 Å². The first-order valence-electron chi connectivity index (χ1n) is 10.4. The van der Waals surface area contributed by atoms with Crippen molar-refractivity contribution in [3.8, 4) is 0 Å². The second kappa shape index (κ2) is 6.65. The lowest BCUT2D eigenvalue weighted by atomic mass is 9.58. The Morgan fingerprint density at radius 2 is 0.909 bits per heavy atom. The summed E-state index contributed by atoms with van der Waals surface area (Å²) in [6.45, 7) is 0. The standard InChI is InChI=1S/C21H34O/c22-21(19-13-5-9-15-7-1-3-11-17(15)19)20-14-6-10-16-8-2-4-12-18(16)20/h15-20H,1-14H2. The fourth-order valence-electron chi connectivity index (χ4n) is 6.86. The van der Waals surface area contributed by atoms with Crippen molar-refractivity contribution in [1.29, 1.82) is 0 Å². The Hall–Kier alpha value is -0.330. The first kappa shape index (κ1) is 15.2. The number of carbonyl (C=O) groups is 1. The van der Waals surface area contributed by atoms with E-state index >= 15 is 0 Å². The molecule has 0 heterocycles. The first-order chi connectivity index (χ1) is 10.8. The molecule has 4 fully saturated rings. The minimum absolute atomic E-state index is 0.463. The molecule has 0 aromatic heterocycles. The van der Waals surface area contributed by atoms with Crippen molar-refractivity contribution in [2.45, 2.75) is 89.9 Å². The van der Waals surface area contributed by atoms with E-state index in [1.807, 2.05) is 0 Å². The molecule has 0 saturated heterocycles. The van der Waals surface area contributed by atoms with Crippen LogP contribution in [0.2, 0.25) is 0 Å². The predicted octanol–water partition coefficient (Wildman–Crippen LogP) is 5.77. The van der Waals surface area contributed by atoms with E-state index in [1.54, 1.807) is 0 Å². The Morgan fingerprint density at radius 3 is 1.41 bits per heavy atom. The molecule has 6 atom stereocenters. The Balaban J connectivity index is 1.49. The number of fused-ring (bicyclic) bond motifs is 2. The van der Waals surface area contributed by atoms with Crippen LogP contribution in [0.5, 0.6) is 0 Å². The van der Waals surface area contributed by atoms with Gasteiger partial charge in [-0.05, 0) is 49.4 Å². The normalized spacial score (nSPS) is 45.6. The summed E-state index contributed by atoms with van der Waals surface area (Å²) in [5, 5.41) is 0. The number of rotatable bonds is 2. The lowest BCUT2D eigenvalue weighted by Crippen LogP contribution is -2.43. The molecule has 0 aliphatic heterocycles. The van der Waals surface area contributed by atoms with E-state index in [2.05, 4.69) is 0 Å². The summed E-state index contributed by atoms with van der Waals surface area (Å²) >= 11 is 0. The van der Waals surface area contributed by atoms with Gasteiger partial charge in [-0.2, -0.15) is 0 Å². The third-order valence-corrected chi connectivity index (χ3v) is 7.88. The van der Waals surface area contributed by atoms with Gasteiger partial charge in [0.25, 0.3) is 0 Å². The molecule has 4 aliphatic carbocycles. The lowest BCUT2D eigenvalue weighted by molar-refractivity contribution is -0.136. The molecule has 0 spiro atoms. The third-order valence-electron chi connectivity index (χ3n) is 7.88. The van der Waals surface area contributed by atoms with Crippen LogP contribution in [0.25, 0.3) is 0 Å². The fraction of sp³-hybridized carbons (Fsp3) is 0.952. The minimum atomic E-state index is 0.463. The van der Waals surface area contributed by atoms with Crippen LogP contribution in [-0.4, -0.2) is 5.78 Å². The molecule has 22 heavy (non-hydrogen) atoms. The van der Waals surface area contributed by atoms with Gasteiger partial charge in [0.2, 0.25) is 0 Å². The van der Waals surface area contributed by atoms with E-state index in [9.17, 15) is 4.79 Å². The van der Waals surface area contributed by atoms with Gasteiger partial charge >= 0.3 is 0 Å². The zero-order valence-electron chi connectivity index (χ0n) is 14.3. The van der Waals surface area contributed by atoms with E-state index in [1.165, 1.54) is 89.9 Å². The van der Waals surface area contributed by atoms with Crippen LogP contribution >= 0.6 is 0 Å². The van der Waals surface area contributed by atoms with Crippen LogP contribution in [-0.2, 0) is 4.79 Å². The molecule has 0 radical (unpaired) electrons. The molecule has 0 aromatic carbocycles. The molecule has 124 valence electrons. The fourth-order valence-corrected chi connectivity index (χ4v) is 6.86. The zero-order valence-corrected chi connectivity index (χ0v) is 14.3. The molecule has 1 nitrogen and oxygen atoms in total. The molecule has 4 rings (SSSR count). The average molecular weight is 303 g/mol.